The van der Waals surface area contributed by atoms with Gasteiger partial charge in [0.25, 0.3) is 0 Å². The molecular weight excluding hydrogens is 206 g/mol. The third-order valence-corrected chi connectivity index (χ3v) is 4.42. The van der Waals surface area contributed by atoms with Gasteiger partial charge in [-0.2, -0.15) is 0 Å². The highest BCUT2D eigenvalue weighted by atomic mass is 32.1. The van der Waals surface area contributed by atoms with Gasteiger partial charge in [-0.15, -0.1) is 11.3 Å². The molecule has 0 radical (unpaired) electrons. The smallest absolute Gasteiger partial charge is 0.194 e. The summed E-state index contributed by atoms with van der Waals surface area (Å²) in [5.41, 5.74) is 8.76. The van der Waals surface area contributed by atoms with E-state index in [1.54, 1.807) is 11.3 Å². The fraction of sp³-hybridized carbons (Fsp3) is 0.545. The average molecular weight is 221 g/mol. The molecule has 1 aliphatic rings. The number of nitrogens with two attached hydrogens (primary N) is 1. The second kappa shape index (κ2) is 2.44. The van der Waals surface area contributed by atoms with Crippen molar-refractivity contribution >= 4 is 16.3 Å². The van der Waals surface area contributed by atoms with Crippen molar-refractivity contribution in [2.24, 2.45) is 11.1 Å². The topological polar surface area (TPSA) is 43.3 Å². The van der Waals surface area contributed by atoms with Crippen molar-refractivity contribution in [1.29, 1.82) is 0 Å². The van der Waals surface area contributed by atoms with E-state index in [1.165, 1.54) is 5.69 Å². The quantitative estimate of drug-likeness (QED) is 0.803. The molecule has 2 aromatic rings. The Morgan fingerprint density at radius 1 is 1.53 bits per heavy atom. The van der Waals surface area contributed by atoms with Crippen LogP contribution in [0.3, 0.4) is 0 Å². The van der Waals surface area contributed by atoms with Crippen LogP contribution >= 0.6 is 11.3 Å². The Labute approximate surface area is 92.9 Å². The van der Waals surface area contributed by atoms with Gasteiger partial charge in [-0.1, -0.05) is 13.8 Å². The number of aryl methyl sites for hydroxylation is 1. The van der Waals surface area contributed by atoms with Gasteiger partial charge in [0.2, 0.25) is 0 Å². The summed E-state index contributed by atoms with van der Waals surface area (Å²) in [7, 11) is 0. The number of aromatic nitrogens is 2. The Balaban J connectivity index is 2.27. The van der Waals surface area contributed by atoms with Crippen LogP contribution in [0.2, 0.25) is 0 Å². The van der Waals surface area contributed by atoms with E-state index in [0.717, 1.165) is 17.1 Å². The number of thiazole rings is 1. The lowest BCUT2D eigenvalue weighted by atomic mass is 10.0. The van der Waals surface area contributed by atoms with Gasteiger partial charge in [-0.05, 0) is 18.8 Å². The van der Waals surface area contributed by atoms with Crippen molar-refractivity contribution in [3.63, 3.8) is 0 Å². The third kappa shape index (κ3) is 1.01. The molecule has 0 bridgehead atoms. The second-order valence-electron chi connectivity index (χ2n) is 5.13. The van der Waals surface area contributed by atoms with E-state index in [-0.39, 0.29) is 11.0 Å². The van der Waals surface area contributed by atoms with Crippen LogP contribution < -0.4 is 5.73 Å². The number of fused-ring (bicyclic) bond motifs is 1. The summed E-state index contributed by atoms with van der Waals surface area (Å²) >= 11 is 1.66. The van der Waals surface area contributed by atoms with Gasteiger partial charge in [0, 0.05) is 11.6 Å². The van der Waals surface area contributed by atoms with E-state index in [0.29, 0.717) is 0 Å². The van der Waals surface area contributed by atoms with Crippen LogP contribution in [0.15, 0.2) is 11.6 Å². The van der Waals surface area contributed by atoms with Crippen molar-refractivity contribution in [1.82, 2.24) is 9.38 Å². The highest BCUT2D eigenvalue weighted by molar-refractivity contribution is 7.15. The Morgan fingerprint density at radius 2 is 2.20 bits per heavy atom. The molecule has 1 unspecified atom stereocenters. The Hall–Kier alpha value is -0.870. The Kier molecular flexibility index (Phi) is 1.52. The number of nitrogens with zero attached hydrogens (tertiary/aromatic N) is 2. The van der Waals surface area contributed by atoms with E-state index in [9.17, 15) is 0 Å². The highest BCUT2D eigenvalue weighted by Gasteiger charge is 2.61. The summed E-state index contributed by atoms with van der Waals surface area (Å²) < 4.78 is 2.15. The molecule has 3 nitrogen and oxygen atoms in total. The molecule has 1 saturated carbocycles. The van der Waals surface area contributed by atoms with Gasteiger partial charge in [0.15, 0.2) is 4.96 Å². The molecule has 15 heavy (non-hydrogen) atoms. The largest absolute Gasteiger partial charge is 0.320 e. The lowest BCUT2D eigenvalue weighted by molar-refractivity contribution is 0.495. The normalized spacial score (nSPS) is 28.5. The molecule has 3 rings (SSSR count). The molecule has 0 aromatic carbocycles. The summed E-state index contributed by atoms with van der Waals surface area (Å²) in [6.07, 6.45) is 3.11. The van der Waals surface area contributed by atoms with Crippen LogP contribution in [0, 0.1) is 12.3 Å². The summed E-state index contributed by atoms with van der Waals surface area (Å²) in [6, 6.07) is 0. The summed E-state index contributed by atoms with van der Waals surface area (Å²) in [5.74, 6) is 0. The fourth-order valence-corrected chi connectivity index (χ4v) is 3.25. The van der Waals surface area contributed by atoms with Crippen LogP contribution in [-0.2, 0) is 5.54 Å². The van der Waals surface area contributed by atoms with Crippen molar-refractivity contribution in [2.45, 2.75) is 32.7 Å². The molecule has 2 N–H and O–H groups in total. The molecule has 0 aliphatic heterocycles. The first-order valence-electron chi connectivity index (χ1n) is 5.17. The van der Waals surface area contributed by atoms with Crippen LogP contribution in [0.25, 0.3) is 4.96 Å². The molecule has 1 aliphatic carbocycles. The Bertz CT molecular complexity index is 537. The number of hydrogen-bond donors (Lipinski definition) is 1. The van der Waals surface area contributed by atoms with Gasteiger partial charge in [-0.3, -0.25) is 4.40 Å². The monoisotopic (exact) mass is 221 g/mol. The standard InChI is InChI=1S/C11H15N3S/c1-7-8(11(12)6-10(11,2)3)14-4-5-15-9(14)13-7/h4-5H,6,12H2,1-3H3. The highest BCUT2D eigenvalue weighted by Crippen LogP contribution is 2.60. The average Bonchev–Trinajstić information content (AvgIpc) is 2.51. The van der Waals surface area contributed by atoms with E-state index in [2.05, 4.69) is 41.7 Å². The van der Waals surface area contributed by atoms with Gasteiger partial charge < -0.3 is 5.73 Å². The minimum atomic E-state index is -0.183. The maximum atomic E-state index is 6.46. The molecule has 0 saturated heterocycles. The summed E-state index contributed by atoms with van der Waals surface area (Å²) in [5, 5.41) is 2.06. The van der Waals surface area contributed by atoms with Crippen molar-refractivity contribution in [3.05, 3.63) is 23.0 Å². The number of rotatable bonds is 1. The summed E-state index contributed by atoms with van der Waals surface area (Å²) in [6.45, 7) is 6.49. The molecule has 1 atom stereocenters. The lowest BCUT2D eigenvalue weighted by Gasteiger charge is -2.15. The first kappa shape index (κ1) is 9.36. The van der Waals surface area contributed by atoms with Crippen LogP contribution in [0.1, 0.15) is 31.7 Å². The lowest BCUT2D eigenvalue weighted by Crippen LogP contribution is -2.27. The molecule has 0 amide bonds. The predicted octanol–water partition coefficient (Wildman–Crippen LogP) is 2.29. The van der Waals surface area contributed by atoms with E-state index in [1.807, 2.05) is 0 Å². The van der Waals surface area contributed by atoms with Crippen molar-refractivity contribution in [2.75, 3.05) is 0 Å². The minimum Gasteiger partial charge on any atom is -0.320 e. The second-order valence-corrected chi connectivity index (χ2v) is 6.01. The maximum absolute atomic E-state index is 6.46. The predicted molar refractivity (Wildman–Crippen MR) is 62.1 cm³/mol. The molecule has 2 aromatic heterocycles. The molecule has 0 spiro atoms. The van der Waals surface area contributed by atoms with Crippen LogP contribution in [-0.4, -0.2) is 9.38 Å². The first-order valence-corrected chi connectivity index (χ1v) is 6.05. The zero-order valence-corrected chi connectivity index (χ0v) is 10.1. The molecular formula is C11H15N3S. The van der Waals surface area contributed by atoms with Crippen LogP contribution in [0.5, 0.6) is 0 Å². The molecule has 1 fully saturated rings. The number of hydrogen-bond acceptors (Lipinski definition) is 3. The fourth-order valence-electron chi connectivity index (χ4n) is 2.49. The van der Waals surface area contributed by atoms with Gasteiger partial charge in [0.1, 0.15) is 0 Å². The molecule has 2 heterocycles. The van der Waals surface area contributed by atoms with Crippen LogP contribution in [0.4, 0.5) is 0 Å². The Morgan fingerprint density at radius 3 is 2.80 bits per heavy atom. The third-order valence-electron chi connectivity index (χ3n) is 3.66. The van der Waals surface area contributed by atoms with E-state index < -0.39 is 0 Å². The van der Waals surface area contributed by atoms with Gasteiger partial charge in [-0.25, -0.2) is 4.98 Å². The molecule has 4 heteroatoms. The van der Waals surface area contributed by atoms with Crippen molar-refractivity contribution < 1.29 is 0 Å². The van der Waals surface area contributed by atoms with E-state index >= 15 is 0 Å². The maximum Gasteiger partial charge on any atom is 0.194 e. The minimum absolute atomic E-state index is 0.183. The van der Waals surface area contributed by atoms with Gasteiger partial charge >= 0.3 is 0 Å². The SMILES string of the molecule is Cc1nc2sccn2c1C1(N)CC1(C)C. The van der Waals surface area contributed by atoms with Crippen molar-refractivity contribution in [3.8, 4) is 0 Å². The first-order chi connectivity index (χ1) is 6.96. The number of imidazole rings is 1. The molecule has 80 valence electrons. The zero-order chi connectivity index (χ0) is 10.8. The van der Waals surface area contributed by atoms with Gasteiger partial charge in [0.05, 0.1) is 16.9 Å². The van der Waals surface area contributed by atoms with E-state index in [4.69, 9.17) is 5.73 Å². The summed E-state index contributed by atoms with van der Waals surface area (Å²) in [4.78, 5) is 5.60. The zero-order valence-electron chi connectivity index (χ0n) is 9.24.